The van der Waals surface area contributed by atoms with Gasteiger partial charge in [-0.1, -0.05) is 113 Å². The smallest absolute Gasteiger partial charge is 0.222 e. The molecular formula is C27H36N4O4. The molecule has 0 radical (unpaired) electrons. The largest absolute Gasteiger partial charge is 0.231 e. The Morgan fingerprint density at radius 1 is 0.514 bits per heavy atom. The first kappa shape index (κ1) is 33.4. The molecule has 4 rings (SSSR count). The molecule has 4 N–H and O–H groups in total. The Bertz CT molecular complexity index is 782. The minimum absolute atomic E-state index is 0.750. The van der Waals surface area contributed by atoms with Gasteiger partial charge in [0.1, 0.15) is 0 Å². The van der Waals surface area contributed by atoms with Crippen molar-refractivity contribution < 1.29 is 19.2 Å². The lowest BCUT2D eigenvalue weighted by molar-refractivity contribution is 0.244. The van der Waals surface area contributed by atoms with Gasteiger partial charge in [-0.05, 0) is 29.0 Å². The molecule has 8 nitrogen and oxygen atoms in total. The lowest BCUT2D eigenvalue weighted by Gasteiger charge is -2.28. The van der Waals surface area contributed by atoms with E-state index >= 15 is 0 Å². The van der Waals surface area contributed by atoms with Crippen LogP contribution in [0.25, 0.3) is 10.8 Å². The first-order chi connectivity index (χ1) is 17.1. The predicted octanol–water partition coefficient (Wildman–Crippen LogP) is 6.98. The fraction of sp³-hybridized carbons (Fsp3) is 0.481. The fourth-order valence-corrected chi connectivity index (χ4v) is 4.45. The van der Waals surface area contributed by atoms with E-state index in [4.69, 9.17) is 40.8 Å². The Balaban J connectivity index is 0. The Kier molecular flexibility index (Phi) is 25.3. The van der Waals surface area contributed by atoms with Gasteiger partial charge in [0, 0.05) is 0 Å². The van der Waals surface area contributed by atoms with Crippen LogP contribution in [0.2, 0.25) is 0 Å². The van der Waals surface area contributed by atoms with E-state index in [2.05, 4.69) is 48.5 Å². The number of carbonyl (C=O) groups excluding carboxylic acids is 4. The minimum atomic E-state index is 0.750. The zero-order chi connectivity index (χ0) is 26.6. The van der Waals surface area contributed by atoms with Crippen molar-refractivity contribution in [3.8, 4) is 0 Å². The molecule has 2 aromatic carbocycles. The minimum Gasteiger partial charge on any atom is -0.222 e. The number of isocyanates is 4. The second-order valence-electron chi connectivity index (χ2n) is 8.00. The molecule has 2 aromatic rings. The maximum atomic E-state index is 8.35. The summed E-state index contributed by atoms with van der Waals surface area (Å²) in [4.78, 5) is 33.4. The summed E-state index contributed by atoms with van der Waals surface area (Å²) < 4.78 is 0. The van der Waals surface area contributed by atoms with Crippen molar-refractivity contribution in [2.75, 3.05) is 0 Å². The number of hydrogen-bond acceptors (Lipinski definition) is 8. The van der Waals surface area contributed by atoms with E-state index in [1.807, 2.05) is 0 Å². The molecule has 0 unspecified atom stereocenters. The topological polar surface area (TPSA) is 164 Å². The van der Waals surface area contributed by atoms with Crippen LogP contribution in [-0.4, -0.2) is 24.3 Å². The van der Waals surface area contributed by atoms with Crippen LogP contribution in [0, 0.1) is 33.5 Å². The van der Waals surface area contributed by atoms with Crippen molar-refractivity contribution in [1.29, 1.82) is 21.6 Å². The van der Waals surface area contributed by atoms with E-state index in [1.54, 1.807) is 32.1 Å². The highest BCUT2D eigenvalue weighted by molar-refractivity contribution is 5.82. The molecule has 0 heterocycles. The van der Waals surface area contributed by atoms with Gasteiger partial charge in [-0.3, -0.25) is 0 Å². The van der Waals surface area contributed by atoms with Crippen LogP contribution in [0.4, 0.5) is 0 Å². The highest BCUT2D eigenvalue weighted by Crippen LogP contribution is 2.34. The van der Waals surface area contributed by atoms with Gasteiger partial charge in [0.2, 0.25) is 24.3 Å². The average Bonchev–Trinajstić information content (AvgIpc) is 2.88. The number of nitrogens with one attached hydrogen (secondary N) is 4. The third-order valence-electron chi connectivity index (χ3n) is 5.77. The van der Waals surface area contributed by atoms with E-state index < -0.39 is 0 Å². The van der Waals surface area contributed by atoms with Gasteiger partial charge in [-0.15, -0.1) is 0 Å². The molecule has 0 atom stereocenters. The third-order valence-corrected chi connectivity index (χ3v) is 5.77. The summed E-state index contributed by atoms with van der Waals surface area (Å²) in [6.07, 6.45) is 19.9. The first-order valence-electron chi connectivity index (χ1n) is 11.7. The summed E-state index contributed by atoms with van der Waals surface area (Å²) in [5, 5.41) is 24.2. The van der Waals surface area contributed by atoms with Gasteiger partial charge in [0.15, 0.2) is 0 Å². The zero-order valence-corrected chi connectivity index (χ0v) is 20.2. The van der Waals surface area contributed by atoms with Crippen LogP contribution < -0.4 is 0 Å². The number of rotatable bonds is 2. The monoisotopic (exact) mass is 480 g/mol. The Hall–Kier alpha value is -3.78. The molecule has 35 heavy (non-hydrogen) atoms. The molecule has 0 bridgehead atoms. The summed E-state index contributed by atoms with van der Waals surface area (Å²) in [6, 6.07) is 16.7. The quantitative estimate of drug-likeness (QED) is 0.269. The van der Waals surface area contributed by atoms with Gasteiger partial charge < -0.3 is 0 Å². The van der Waals surface area contributed by atoms with E-state index in [0.29, 0.717) is 0 Å². The fourth-order valence-electron chi connectivity index (χ4n) is 4.45. The van der Waals surface area contributed by atoms with Crippen LogP contribution in [-0.2, 0) is 19.2 Å². The van der Waals surface area contributed by atoms with Crippen LogP contribution in [0.15, 0.2) is 48.5 Å². The molecule has 8 heteroatoms. The average molecular weight is 481 g/mol. The highest BCUT2D eigenvalue weighted by Gasteiger charge is 2.20. The van der Waals surface area contributed by atoms with Gasteiger partial charge >= 0.3 is 0 Å². The van der Waals surface area contributed by atoms with Crippen molar-refractivity contribution in [2.45, 2.75) is 70.6 Å². The van der Waals surface area contributed by atoms with Crippen molar-refractivity contribution in [3.63, 3.8) is 0 Å². The van der Waals surface area contributed by atoms with E-state index in [1.165, 1.54) is 49.3 Å². The molecule has 188 valence electrons. The summed E-state index contributed by atoms with van der Waals surface area (Å²) in [7, 11) is 0. The standard InChI is InChI=1S/C13H24.C10H8.4CHNO/c1-3-7-12(8-4-1)11-13-9-5-2-6-10-13;1-2-6-10-8-4-3-7-9(10)5-1;4*2-1-3/h12-13H,1-11H2;1-8H;4*2H. The SMILES string of the molecule is C1CCC(CC2CCCCC2)CC1.N=C=O.N=C=O.N=C=O.N=C=O.c1ccc2ccccc2c1. The maximum absolute atomic E-state index is 8.35. The molecule has 0 aliphatic heterocycles. The van der Waals surface area contributed by atoms with Crippen molar-refractivity contribution in [3.05, 3.63) is 48.5 Å². The number of fused-ring (bicyclic) bond motifs is 1. The summed E-state index contributed by atoms with van der Waals surface area (Å²) in [5.41, 5.74) is 0. The highest BCUT2D eigenvalue weighted by atomic mass is 16.1. The van der Waals surface area contributed by atoms with E-state index in [0.717, 1.165) is 36.2 Å². The molecule has 0 aromatic heterocycles. The molecule has 2 saturated carbocycles. The lowest BCUT2D eigenvalue weighted by Crippen LogP contribution is -2.14. The molecule has 0 amide bonds. The van der Waals surface area contributed by atoms with Gasteiger partial charge in [-0.25, -0.2) is 40.8 Å². The summed E-state index contributed by atoms with van der Waals surface area (Å²) in [5.74, 6) is 2.24. The Labute approximate surface area is 207 Å². The predicted molar refractivity (Wildman–Crippen MR) is 135 cm³/mol. The number of benzene rings is 2. The van der Waals surface area contributed by atoms with Crippen LogP contribution in [0.5, 0.6) is 0 Å². The zero-order valence-electron chi connectivity index (χ0n) is 20.2. The molecule has 2 fully saturated rings. The molecular weight excluding hydrogens is 444 g/mol. The van der Waals surface area contributed by atoms with E-state index in [-0.39, 0.29) is 0 Å². The molecule has 2 aliphatic rings. The van der Waals surface area contributed by atoms with Gasteiger partial charge in [-0.2, -0.15) is 0 Å². The number of hydrogen-bond donors (Lipinski definition) is 4. The van der Waals surface area contributed by atoms with Crippen LogP contribution in [0.1, 0.15) is 70.6 Å². The normalized spacial score (nSPS) is 14.1. The van der Waals surface area contributed by atoms with E-state index in [9.17, 15) is 0 Å². The molecule has 0 saturated heterocycles. The van der Waals surface area contributed by atoms with Crippen molar-refractivity contribution >= 4 is 35.1 Å². The maximum Gasteiger partial charge on any atom is 0.231 e. The van der Waals surface area contributed by atoms with Crippen LogP contribution >= 0.6 is 0 Å². The summed E-state index contributed by atoms with van der Waals surface area (Å²) >= 11 is 0. The molecule has 0 spiro atoms. The second-order valence-corrected chi connectivity index (χ2v) is 8.00. The molecule has 2 aliphatic carbocycles. The first-order valence-corrected chi connectivity index (χ1v) is 11.7. The second kappa shape index (κ2) is 26.5. The third kappa shape index (κ3) is 20.6. The van der Waals surface area contributed by atoms with Crippen molar-refractivity contribution in [1.82, 2.24) is 0 Å². The van der Waals surface area contributed by atoms with Gasteiger partial charge in [0.25, 0.3) is 0 Å². The Morgan fingerprint density at radius 2 is 0.743 bits per heavy atom. The lowest BCUT2D eigenvalue weighted by atomic mass is 9.78. The summed E-state index contributed by atoms with van der Waals surface area (Å²) in [6.45, 7) is 0. The Morgan fingerprint density at radius 3 is 0.971 bits per heavy atom. The van der Waals surface area contributed by atoms with Crippen molar-refractivity contribution in [2.24, 2.45) is 11.8 Å². The van der Waals surface area contributed by atoms with Gasteiger partial charge in [0.05, 0.1) is 0 Å². The van der Waals surface area contributed by atoms with Crippen LogP contribution in [0.3, 0.4) is 0 Å².